The molecule has 0 N–H and O–H groups in total. The number of carbonyl (C=O) groups is 3. The maximum absolute atomic E-state index is 12.8. The van der Waals surface area contributed by atoms with Crippen LogP contribution in [0.25, 0.3) is 0 Å². The molecule has 1 atom stereocenters. The molecule has 59 heavy (non-hydrogen) atoms. The van der Waals surface area contributed by atoms with Crippen LogP contribution in [0.1, 0.15) is 297 Å². The van der Waals surface area contributed by atoms with Crippen LogP contribution in [-0.2, 0) is 28.6 Å². The number of rotatable bonds is 48. The van der Waals surface area contributed by atoms with Gasteiger partial charge in [-0.1, -0.05) is 259 Å². The van der Waals surface area contributed by atoms with Crippen molar-refractivity contribution in [2.45, 2.75) is 303 Å². The van der Waals surface area contributed by atoms with Crippen molar-refractivity contribution in [1.29, 1.82) is 0 Å². The molecule has 0 spiro atoms. The lowest BCUT2D eigenvalue weighted by Crippen LogP contribution is -2.30. The Labute approximate surface area is 368 Å². The molecular formula is C53H102O6. The van der Waals surface area contributed by atoms with E-state index >= 15 is 0 Å². The van der Waals surface area contributed by atoms with Gasteiger partial charge in [0.1, 0.15) is 13.2 Å². The minimum absolute atomic E-state index is 0.0635. The summed E-state index contributed by atoms with van der Waals surface area (Å²) in [7, 11) is 0. The maximum atomic E-state index is 12.8. The standard InChI is InChI=1S/C53H102O6/c1-5-7-9-11-13-15-17-19-20-21-22-23-24-26-27-29-31-36-40-44-51(54)57-47-50(48-58-52(55)45-41-37-34-33-35-39-43-49(3)4)59-53(56)46-42-38-32-30-28-25-18-16-14-12-10-8-6-2/h49-50H,5-48H2,1-4H3/t50-/m1/s1. The van der Waals surface area contributed by atoms with E-state index in [9.17, 15) is 14.4 Å². The number of esters is 3. The zero-order valence-electron chi connectivity index (χ0n) is 40.2. The average Bonchev–Trinajstić information content (AvgIpc) is 3.22. The molecule has 0 aliphatic heterocycles. The quantitative estimate of drug-likeness (QED) is 0.0345. The van der Waals surface area contributed by atoms with Gasteiger partial charge in [0, 0.05) is 19.3 Å². The summed E-state index contributed by atoms with van der Waals surface area (Å²) in [5, 5.41) is 0. The molecule has 0 radical (unpaired) electrons. The molecule has 0 aromatic heterocycles. The highest BCUT2D eigenvalue weighted by molar-refractivity contribution is 5.71. The fourth-order valence-corrected chi connectivity index (χ4v) is 8.04. The highest BCUT2D eigenvalue weighted by atomic mass is 16.6. The van der Waals surface area contributed by atoms with Crippen LogP contribution in [0.15, 0.2) is 0 Å². The van der Waals surface area contributed by atoms with Crippen LogP contribution in [-0.4, -0.2) is 37.2 Å². The van der Waals surface area contributed by atoms with Gasteiger partial charge in [0.15, 0.2) is 6.10 Å². The topological polar surface area (TPSA) is 78.9 Å². The van der Waals surface area contributed by atoms with Gasteiger partial charge in [-0.15, -0.1) is 0 Å². The van der Waals surface area contributed by atoms with Crippen molar-refractivity contribution >= 4 is 17.9 Å². The summed E-state index contributed by atoms with van der Waals surface area (Å²) in [5.74, 6) is -0.0858. The Kier molecular flexibility index (Phi) is 46.2. The van der Waals surface area contributed by atoms with Crippen LogP contribution >= 0.6 is 0 Å². The molecule has 0 saturated carbocycles. The smallest absolute Gasteiger partial charge is 0.306 e. The Morgan fingerprint density at radius 3 is 0.831 bits per heavy atom. The second-order valence-electron chi connectivity index (χ2n) is 18.6. The summed E-state index contributed by atoms with van der Waals surface area (Å²) in [4.78, 5) is 37.9. The molecule has 0 bridgehead atoms. The molecule has 0 aliphatic carbocycles. The third-order valence-electron chi connectivity index (χ3n) is 12.0. The highest BCUT2D eigenvalue weighted by Crippen LogP contribution is 2.17. The van der Waals surface area contributed by atoms with Crippen molar-refractivity contribution in [2.75, 3.05) is 13.2 Å². The normalized spacial score (nSPS) is 11.9. The first-order valence-electron chi connectivity index (χ1n) is 26.4. The number of unbranched alkanes of at least 4 members (excludes halogenated alkanes) is 35. The molecule has 0 saturated heterocycles. The van der Waals surface area contributed by atoms with E-state index in [4.69, 9.17) is 14.2 Å². The zero-order valence-corrected chi connectivity index (χ0v) is 40.2. The van der Waals surface area contributed by atoms with Gasteiger partial charge in [0.25, 0.3) is 0 Å². The van der Waals surface area contributed by atoms with Crippen molar-refractivity contribution < 1.29 is 28.6 Å². The minimum atomic E-state index is -0.761. The van der Waals surface area contributed by atoms with Crippen molar-refractivity contribution in [3.8, 4) is 0 Å². The fraction of sp³-hybridized carbons (Fsp3) is 0.943. The molecular weight excluding hydrogens is 733 g/mol. The molecule has 0 unspecified atom stereocenters. The van der Waals surface area contributed by atoms with Crippen LogP contribution < -0.4 is 0 Å². The first kappa shape index (κ1) is 57.4. The first-order chi connectivity index (χ1) is 28.9. The first-order valence-corrected chi connectivity index (χ1v) is 26.4. The molecule has 0 aromatic carbocycles. The lowest BCUT2D eigenvalue weighted by atomic mass is 10.0. The van der Waals surface area contributed by atoms with E-state index in [-0.39, 0.29) is 31.1 Å². The summed E-state index contributed by atoms with van der Waals surface area (Å²) >= 11 is 0. The molecule has 0 amide bonds. The summed E-state index contributed by atoms with van der Waals surface area (Å²) in [6, 6.07) is 0. The van der Waals surface area contributed by atoms with Crippen LogP contribution in [0.2, 0.25) is 0 Å². The van der Waals surface area contributed by atoms with E-state index < -0.39 is 6.10 Å². The van der Waals surface area contributed by atoms with E-state index in [1.54, 1.807) is 0 Å². The number of carbonyl (C=O) groups excluding carboxylic acids is 3. The van der Waals surface area contributed by atoms with E-state index in [1.165, 1.54) is 193 Å². The molecule has 0 aromatic rings. The second kappa shape index (κ2) is 47.5. The Bertz CT molecular complexity index is 887. The van der Waals surface area contributed by atoms with Crippen LogP contribution in [0.3, 0.4) is 0 Å². The van der Waals surface area contributed by atoms with Crippen molar-refractivity contribution in [3.05, 3.63) is 0 Å². The molecule has 350 valence electrons. The van der Waals surface area contributed by atoms with E-state index in [1.807, 2.05) is 0 Å². The third-order valence-corrected chi connectivity index (χ3v) is 12.0. The predicted octanol–water partition coefficient (Wildman–Crippen LogP) is 17.1. The molecule has 0 heterocycles. The van der Waals surface area contributed by atoms with E-state index in [0.717, 1.165) is 63.7 Å². The van der Waals surface area contributed by atoms with Gasteiger partial charge in [-0.3, -0.25) is 14.4 Å². The predicted molar refractivity (Wildman–Crippen MR) is 252 cm³/mol. The SMILES string of the molecule is CCCCCCCCCCCCCCCCCCCCCC(=O)OC[C@H](COC(=O)CCCCCCCCC(C)C)OC(=O)CCCCCCCCCCCCCCC. The molecule has 6 nitrogen and oxygen atoms in total. The summed E-state index contributed by atoms with van der Waals surface area (Å²) in [6.07, 6.45) is 49.6. The van der Waals surface area contributed by atoms with Gasteiger partial charge in [-0.2, -0.15) is 0 Å². The van der Waals surface area contributed by atoms with Gasteiger partial charge >= 0.3 is 17.9 Å². The Morgan fingerprint density at radius 1 is 0.322 bits per heavy atom. The molecule has 0 fully saturated rings. The van der Waals surface area contributed by atoms with E-state index in [0.29, 0.717) is 19.3 Å². The largest absolute Gasteiger partial charge is 0.462 e. The highest BCUT2D eigenvalue weighted by Gasteiger charge is 2.19. The lowest BCUT2D eigenvalue weighted by molar-refractivity contribution is -0.167. The average molecular weight is 835 g/mol. The van der Waals surface area contributed by atoms with Crippen molar-refractivity contribution in [1.82, 2.24) is 0 Å². The molecule has 6 heteroatoms. The Morgan fingerprint density at radius 2 is 0.559 bits per heavy atom. The zero-order chi connectivity index (χ0) is 43.1. The Balaban J connectivity index is 4.21. The van der Waals surface area contributed by atoms with Gasteiger partial charge in [-0.05, 0) is 25.2 Å². The monoisotopic (exact) mass is 835 g/mol. The van der Waals surface area contributed by atoms with Crippen LogP contribution in [0.5, 0.6) is 0 Å². The van der Waals surface area contributed by atoms with Gasteiger partial charge in [0.2, 0.25) is 0 Å². The summed E-state index contributed by atoms with van der Waals surface area (Å²) < 4.78 is 16.8. The lowest BCUT2D eigenvalue weighted by Gasteiger charge is -2.18. The third kappa shape index (κ3) is 47.3. The van der Waals surface area contributed by atoms with Crippen molar-refractivity contribution in [2.24, 2.45) is 5.92 Å². The number of hydrogen-bond acceptors (Lipinski definition) is 6. The summed E-state index contributed by atoms with van der Waals surface area (Å²) in [5.41, 5.74) is 0. The fourth-order valence-electron chi connectivity index (χ4n) is 8.04. The van der Waals surface area contributed by atoms with Crippen LogP contribution in [0, 0.1) is 5.92 Å². The van der Waals surface area contributed by atoms with Crippen LogP contribution in [0.4, 0.5) is 0 Å². The van der Waals surface area contributed by atoms with Crippen molar-refractivity contribution in [3.63, 3.8) is 0 Å². The van der Waals surface area contributed by atoms with E-state index in [2.05, 4.69) is 27.7 Å². The number of hydrogen-bond donors (Lipinski definition) is 0. The molecule has 0 rings (SSSR count). The Hall–Kier alpha value is -1.59. The summed E-state index contributed by atoms with van der Waals surface area (Å²) in [6.45, 7) is 8.96. The second-order valence-corrected chi connectivity index (χ2v) is 18.6. The van der Waals surface area contributed by atoms with Gasteiger partial charge in [-0.25, -0.2) is 0 Å². The number of ether oxygens (including phenoxy) is 3. The minimum Gasteiger partial charge on any atom is -0.462 e. The van der Waals surface area contributed by atoms with Gasteiger partial charge in [0.05, 0.1) is 0 Å². The molecule has 0 aliphatic rings. The van der Waals surface area contributed by atoms with Gasteiger partial charge < -0.3 is 14.2 Å². The maximum Gasteiger partial charge on any atom is 0.306 e.